The zero-order chi connectivity index (χ0) is 8.10. The molecule has 1 heterocycles. The third-order valence-corrected chi connectivity index (χ3v) is 1.53. The fraction of sp³-hybridized carbons (Fsp3) is 0.375. The molecule has 60 valence electrons. The summed E-state index contributed by atoms with van der Waals surface area (Å²) in [7, 11) is 0. The Balaban J connectivity index is 2.52. The standard InChI is InChI=1S/C8H11ClN2/c1-2-5-10-7-3-4-8(9)11-6-7/h3-4,6,10H,2,5H2,1H3. The van der Waals surface area contributed by atoms with Crippen molar-refractivity contribution in [2.24, 2.45) is 0 Å². The van der Waals surface area contributed by atoms with Crippen molar-refractivity contribution in [2.75, 3.05) is 11.9 Å². The van der Waals surface area contributed by atoms with E-state index in [-0.39, 0.29) is 0 Å². The van der Waals surface area contributed by atoms with Gasteiger partial charge in [-0.1, -0.05) is 18.5 Å². The van der Waals surface area contributed by atoms with Crippen LogP contribution in [-0.4, -0.2) is 11.5 Å². The van der Waals surface area contributed by atoms with Crippen LogP contribution in [0.4, 0.5) is 5.69 Å². The molecule has 11 heavy (non-hydrogen) atoms. The first-order valence-electron chi connectivity index (χ1n) is 3.68. The number of pyridine rings is 1. The zero-order valence-electron chi connectivity index (χ0n) is 6.47. The first-order chi connectivity index (χ1) is 5.33. The number of anilines is 1. The molecule has 1 N–H and O–H groups in total. The number of rotatable bonds is 3. The van der Waals surface area contributed by atoms with Crippen molar-refractivity contribution in [3.63, 3.8) is 0 Å². The Labute approximate surface area is 71.6 Å². The summed E-state index contributed by atoms with van der Waals surface area (Å²) in [6.45, 7) is 3.10. The van der Waals surface area contributed by atoms with Gasteiger partial charge in [-0.2, -0.15) is 0 Å². The number of nitrogens with one attached hydrogen (secondary N) is 1. The third-order valence-electron chi connectivity index (χ3n) is 1.31. The average Bonchev–Trinajstić information content (AvgIpc) is 2.04. The van der Waals surface area contributed by atoms with Crippen LogP contribution < -0.4 is 5.32 Å². The van der Waals surface area contributed by atoms with Crippen molar-refractivity contribution in [3.05, 3.63) is 23.5 Å². The Hall–Kier alpha value is -0.760. The van der Waals surface area contributed by atoms with Crippen LogP contribution in [-0.2, 0) is 0 Å². The number of aromatic nitrogens is 1. The van der Waals surface area contributed by atoms with E-state index in [1.165, 1.54) is 0 Å². The summed E-state index contributed by atoms with van der Waals surface area (Å²) in [4.78, 5) is 3.93. The predicted octanol–water partition coefficient (Wildman–Crippen LogP) is 2.56. The SMILES string of the molecule is CCCNc1ccc(Cl)nc1. The highest BCUT2D eigenvalue weighted by molar-refractivity contribution is 6.29. The summed E-state index contributed by atoms with van der Waals surface area (Å²) in [5, 5.41) is 3.73. The summed E-state index contributed by atoms with van der Waals surface area (Å²) in [5.74, 6) is 0. The molecule has 0 aromatic carbocycles. The van der Waals surface area contributed by atoms with Crippen molar-refractivity contribution in [1.29, 1.82) is 0 Å². The first kappa shape index (κ1) is 8.34. The van der Waals surface area contributed by atoms with Crippen molar-refractivity contribution in [3.8, 4) is 0 Å². The molecular formula is C8H11ClN2. The molecule has 0 fully saturated rings. The maximum absolute atomic E-state index is 5.61. The van der Waals surface area contributed by atoms with E-state index in [1.54, 1.807) is 12.3 Å². The second-order valence-corrected chi connectivity index (χ2v) is 2.68. The molecule has 0 atom stereocenters. The molecule has 0 amide bonds. The van der Waals surface area contributed by atoms with Gasteiger partial charge in [0.2, 0.25) is 0 Å². The molecule has 0 saturated carbocycles. The lowest BCUT2D eigenvalue weighted by molar-refractivity contribution is 0.977. The van der Waals surface area contributed by atoms with Crippen molar-refractivity contribution in [1.82, 2.24) is 4.98 Å². The van der Waals surface area contributed by atoms with Gasteiger partial charge in [0, 0.05) is 6.54 Å². The van der Waals surface area contributed by atoms with Crippen LogP contribution in [0.15, 0.2) is 18.3 Å². The normalized spacial score (nSPS) is 9.64. The van der Waals surface area contributed by atoms with Crippen LogP contribution >= 0.6 is 11.6 Å². The maximum Gasteiger partial charge on any atom is 0.129 e. The zero-order valence-corrected chi connectivity index (χ0v) is 7.23. The molecular weight excluding hydrogens is 160 g/mol. The quantitative estimate of drug-likeness (QED) is 0.706. The number of halogens is 1. The van der Waals surface area contributed by atoms with Crippen LogP contribution in [0.25, 0.3) is 0 Å². The van der Waals surface area contributed by atoms with Crippen LogP contribution in [0, 0.1) is 0 Å². The van der Waals surface area contributed by atoms with Crippen LogP contribution in [0.2, 0.25) is 5.15 Å². The van der Waals surface area contributed by atoms with Crippen molar-refractivity contribution in [2.45, 2.75) is 13.3 Å². The van der Waals surface area contributed by atoms with Gasteiger partial charge in [0.15, 0.2) is 0 Å². The number of nitrogens with zero attached hydrogens (tertiary/aromatic N) is 1. The Morgan fingerprint density at radius 2 is 2.36 bits per heavy atom. The minimum absolute atomic E-state index is 0.534. The van der Waals surface area contributed by atoms with E-state index in [0.717, 1.165) is 18.7 Å². The summed E-state index contributed by atoms with van der Waals surface area (Å²) < 4.78 is 0. The van der Waals surface area contributed by atoms with Gasteiger partial charge in [-0.25, -0.2) is 4.98 Å². The molecule has 0 aliphatic heterocycles. The molecule has 0 spiro atoms. The molecule has 1 rings (SSSR count). The second-order valence-electron chi connectivity index (χ2n) is 2.30. The van der Waals surface area contributed by atoms with Gasteiger partial charge in [-0.15, -0.1) is 0 Å². The molecule has 1 aromatic heterocycles. The van der Waals surface area contributed by atoms with Gasteiger partial charge >= 0.3 is 0 Å². The lowest BCUT2D eigenvalue weighted by atomic mass is 10.4. The lowest BCUT2D eigenvalue weighted by Gasteiger charge is -2.02. The van der Waals surface area contributed by atoms with Gasteiger partial charge < -0.3 is 5.32 Å². The van der Waals surface area contributed by atoms with E-state index in [4.69, 9.17) is 11.6 Å². The number of hydrogen-bond acceptors (Lipinski definition) is 2. The van der Waals surface area contributed by atoms with E-state index >= 15 is 0 Å². The first-order valence-corrected chi connectivity index (χ1v) is 4.06. The minimum atomic E-state index is 0.534. The molecule has 0 saturated heterocycles. The van der Waals surface area contributed by atoms with E-state index in [0.29, 0.717) is 5.15 Å². The van der Waals surface area contributed by atoms with E-state index < -0.39 is 0 Å². The predicted molar refractivity (Wildman–Crippen MR) is 48.0 cm³/mol. The summed E-state index contributed by atoms with van der Waals surface area (Å²) >= 11 is 5.61. The monoisotopic (exact) mass is 170 g/mol. The van der Waals surface area contributed by atoms with Crippen LogP contribution in [0.5, 0.6) is 0 Å². The Morgan fingerprint density at radius 3 is 2.91 bits per heavy atom. The maximum atomic E-state index is 5.61. The van der Waals surface area contributed by atoms with E-state index in [9.17, 15) is 0 Å². The lowest BCUT2D eigenvalue weighted by Crippen LogP contribution is -1.99. The fourth-order valence-corrected chi connectivity index (χ4v) is 0.862. The molecule has 0 radical (unpaired) electrons. The molecule has 2 nitrogen and oxygen atoms in total. The highest BCUT2D eigenvalue weighted by atomic mass is 35.5. The summed E-state index contributed by atoms with van der Waals surface area (Å²) in [5.41, 5.74) is 1.02. The van der Waals surface area contributed by atoms with Crippen molar-refractivity contribution < 1.29 is 0 Å². The highest BCUT2D eigenvalue weighted by Crippen LogP contribution is 2.08. The van der Waals surface area contributed by atoms with Gasteiger partial charge in [-0.3, -0.25) is 0 Å². The molecule has 0 unspecified atom stereocenters. The topological polar surface area (TPSA) is 24.9 Å². The minimum Gasteiger partial charge on any atom is -0.384 e. The van der Waals surface area contributed by atoms with E-state index in [2.05, 4.69) is 17.2 Å². The van der Waals surface area contributed by atoms with Gasteiger partial charge in [-0.05, 0) is 18.6 Å². The molecule has 0 aliphatic rings. The molecule has 0 aliphatic carbocycles. The van der Waals surface area contributed by atoms with E-state index in [1.807, 2.05) is 6.07 Å². The highest BCUT2D eigenvalue weighted by Gasteiger charge is 1.90. The van der Waals surface area contributed by atoms with Gasteiger partial charge in [0.05, 0.1) is 11.9 Å². The Kier molecular flexibility index (Phi) is 3.17. The largest absolute Gasteiger partial charge is 0.384 e. The summed E-state index contributed by atoms with van der Waals surface area (Å²) in [6.07, 6.45) is 2.85. The number of hydrogen-bond donors (Lipinski definition) is 1. The molecule has 1 aromatic rings. The smallest absolute Gasteiger partial charge is 0.129 e. The summed E-state index contributed by atoms with van der Waals surface area (Å²) in [6, 6.07) is 3.70. The van der Waals surface area contributed by atoms with Crippen LogP contribution in [0.3, 0.4) is 0 Å². The molecule has 3 heteroatoms. The second kappa shape index (κ2) is 4.19. The average molecular weight is 171 g/mol. The van der Waals surface area contributed by atoms with Gasteiger partial charge in [0.25, 0.3) is 0 Å². The Morgan fingerprint density at radius 1 is 1.55 bits per heavy atom. The third kappa shape index (κ3) is 2.76. The van der Waals surface area contributed by atoms with Crippen LogP contribution in [0.1, 0.15) is 13.3 Å². The van der Waals surface area contributed by atoms with Crippen molar-refractivity contribution >= 4 is 17.3 Å². The molecule has 0 bridgehead atoms. The van der Waals surface area contributed by atoms with Gasteiger partial charge in [0.1, 0.15) is 5.15 Å². The Bertz CT molecular complexity index is 208. The fourth-order valence-electron chi connectivity index (χ4n) is 0.750.